The SMILES string of the molecule is CC.CCCc1cnc(C2Cc3cc(C)ccc3N2C(C)=O)[nH]1. The standard InChI is InChI=1S/C17H21N3O.C2H6/c1-4-5-14-10-18-17(19-14)16-9-13-8-11(2)6-7-15(13)20(16)12(3)21;1-2/h6-8,10,16H,4-5,9H2,1-3H3,(H,18,19);1-2H3. The summed E-state index contributed by atoms with van der Waals surface area (Å²) in [5.74, 6) is 0.957. The highest BCUT2D eigenvalue weighted by atomic mass is 16.2. The van der Waals surface area contributed by atoms with Crippen LogP contribution in [0.15, 0.2) is 24.4 Å². The molecule has 0 bridgehead atoms. The summed E-state index contributed by atoms with van der Waals surface area (Å²) in [6.07, 6.45) is 4.80. The maximum atomic E-state index is 12.1. The molecule has 1 N–H and O–H groups in total. The number of carbonyl (C=O) groups excluding carboxylic acids is 1. The van der Waals surface area contributed by atoms with Crippen molar-refractivity contribution in [3.05, 3.63) is 47.0 Å². The van der Waals surface area contributed by atoms with Crippen molar-refractivity contribution in [2.75, 3.05) is 4.90 Å². The van der Waals surface area contributed by atoms with Crippen molar-refractivity contribution in [2.24, 2.45) is 0 Å². The fourth-order valence-corrected chi connectivity index (χ4v) is 3.13. The van der Waals surface area contributed by atoms with Crippen molar-refractivity contribution in [1.29, 1.82) is 0 Å². The van der Waals surface area contributed by atoms with Gasteiger partial charge in [-0.2, -0.15) is 0 Å². The van der Waals surface area contributed by atoms with Gasteiger partial charge in [-0.15, -0.1) is 0 Å². The van der Waals surface area contributed by atoms with E-state index < -0.39 is 0 Å². The van der Waals surface area contributed by atoms with E-state index in [1.165, 1.54) is 11.1 Å². The number of aromatic nitrogens is 2. The van der Waals surface area contributed by atoms with E-state index in [2.05, 4.69) is 35.9 Å². The number of nitrogens with zero attached hydrogens (tertiary/aromatic N) is 2. The summed E-state index contributed by atoms with van der Waals surface area (Å²) in [6, 6.07) is 6.26. The third-order valence-corrected chi connectivity index (χ3v) is 4.04. The Kier molecular flexibility index (Phi) is 5.59. The summed E-state index contributed by atoms with van der Waals surface area (Å²) in [6.45, 7) is 9.85. The Morgan fingerprint density at radius 2 is 2.13 bits per heavy atom. The van der Waals surface area contributed by atoms with E-state index in [1.54, 1.807) is 6.92 Å². The molecule has 0 saturated carbocycles. The number of carbonyl (C=O) groups is 1. The monoisotopic (exact) mass is 313 g/mol. The summed E-state index contributed by atoms with van der Waals surface area (Å²) >= 11 is 0. The van der Waals surface area contributed by atoms with Gasteiger partial charge in [0.15, 0.2) is 0 Å². The number of imidazole rings is 1. The van der Waals surface area contributed by atoms with E-state index in [9.17, 15) is 4.79 Å². The van der Waals surface area contributed by atoms with Gasteiger partial charge in [0.05, 0.1) is 6.04 Å². The van der Waals surface area contributed by atoms with Crippen LogP contribution in [0.3, 0.4) is 0 Å². The molecule has 1 amide bonds. The highest BCUT2D eigenvalue weighted by Crippen LogP contribution is 2.39. The molecule has 4 heteroatoms. The molecule has 23 heavy (non-hydrogen) atoms. The zero-order valence-corrected chi connectivity index (χ0v) is 14.8. The molecular formula is C19H27N3O. The van der Waals surface area contributed by atoms with E-state index in [-0.39, 0.29) is 11.9 Å². The van der Waals surface area contributed by atoms with E-state index >= 15 is 0 Å². The molecule has 2 heterocycles. The van der Waals surface area contributed by atoms with Crippen molar-refractivity contribution < 1.29 is 4.79 Å². The summed E-state index contributed by atoms with van der Waals surface area (Å²) in [7, 11) is 0. The van der Waals surface area contributed by atoms with Crippen LogP contribution in [0.2, 0.25) is 0 Å². The van der Waals surface area contributed by atoms with Crippen molar-refractivity contribution in [3.8, 4) is 0 Å². The number of fused-ring (bicyclic) bond motifs is 1. The van der Waals surface area contributed by atoms with Crippen LogP contribution in [0.5, 0.6) is 0 Å². The zero-order chi connectivity index (χ0) is 17.0. The van der Waals surface area contributed by atoms with Crippen LogP contribution in [-0.2, 0) is 17.6 Å². The van der Waals surface area contributed by atoms with Gasteiger partial charge in [-0.3, -0.25) is 4.79 Å². The van der Waals surface area contributed by atoms with Gasteiger partial charge < -0.3 is 9.88 Å². The molecule has 1 unspecified atom stereocenters. The van der Waals surface area contributed by atoms with Gasteiger partial charge in [0, 0.05) is 30.9 Å². The molecule has 1 aromatic heterocycles. The molecule has 0 radical (unpaired) electrons. The molecule has 0 saturated heterocycles. The van der Waals surface area contributed by atoms with Crippen LogP contribution in [0.4, 0.5) is 5.69 Å². The Hall–Kier alpha value is -2.10. The molecule has 1 aromatic carbocycles. The predicted molar refractivity (Wildman–Crippen MR) is 94.7 cm³/mol. The molecule has 1 aliphatic rings. The van der Waals surface area contributed by atoms with Gasteiger partial charge in [-0.05, 0) is 25.0 Å². The second kappa shape index (κ2) is 7.44. The Bertz CT molecular complexity index is 675. The highest BCUT2D eigenvalue weighted by Gasteiger charge is 2.34. The Morgan fingerprint density at radius 1 is 1.39 bits per heavy atom. The third kappa shape index (κ3) is 3.46. The largest absolute Gasteiger partial charge is 0.344 e. The smallest absolute Gasteiger partial charge is 0.224 e. The van der Waals surface area contributed by atoms with Crippen LogP contribution < -0.4 is 4.90 Å². The first-order chi connectivity index (χ1) is 11.1. The quantitative estimate of drug-likeness (QED) is 0.916. The van der Waals surface area contributed by atoms with Gasteiger partial charge >= 0.3 is 0 Å². The predicted octanol–water partition coefficient (Wildman–Crippen LogP) is 4.35. The molecule has 0 spiro atoms. The van der Waals surface area contributed by atoms with Crippen LogP contribution in [0.1, 0.15) is 62.8 Å². The minimum Gasteiger partial charge on any atom is -0.344 e. The first-order valence-corrected chi connectivity index (χ1v) is 8.53. The molecule has 124 valence electrons. The lowest BCUT2D eigenvalue weighted by Crippen LogP contribution is -2.30. The van der Waals surface area contributed by atoms with Gasteiger partial charge in [0.1, 0.15) is 5.82 Å². The summed E-state index contributed by atoms with van der Waals surface area (Å²) in [5.41, 5.74) is 4.61. The fraction of sp³-hybridized carbons (Fsp3) is 0.474. The Balaban J connectivity index is 0.000000924. The summed E-state index contributed by atoms with van der Waals surface area (Å²) < 4.78 is 0. The van der Waals surface area contributed by atoms with Gasteiger partial charge in [0.2, 0.25) is 5.91 Å². The first kappa shape index (κ1) is 17.3. The van der Waals surface area contributed by atoms with Crippen LogP contribution in [0, 0.1) is 6.92 Å². The molecule has 1 atom stereocenters. The number of hydrogen-bond donors (Lipinski definition) is 1. The molecule has 2 aromatic rings. The lowest BCUT2D eigenvalue weighted by atomic mass is 10.1. The average molecular weight is 313 g/mol. The Morgan fingerprint density at radius 3 is 2.78 bits per heavy atom. The van der Waals surface area contributed by atoms with E-state index in [0.29, 0.717) is 0 Å². The minimum atomic E-state index is -0.00935. The molecule has 1 aliphatic heterocycles. The number of amides is 1. The first-order valence-electron chi connectivity index (χ1n) is 8.53. The molecule has 0 fully saturated rings. The average Bonchev–Trinajstić information content (AvgIpc) is 3.13. The highest BCUT2D eigenvalue weighted by molar-refractivity contribution is 5.94. The van der Waals surface area contributed by atoms with Crippen LogP contribution in [-0.4, -0.2) is 15.9 Å². The maximum absolute atomic E-state index is 12.1. The van der Waals surface area contributed by atoms with E-state index in [1.807, 2.05) is 31.0 Å². The van der Waals surface area contributed by atoms with Crippen molar-refractivity contribution >= 4 is 11.6 Å². The number of aryl methyl sites for hydroxylation is 2. The van der Waals surface area contributed by atoms with Gasteiger partial charge in [0.25, 0.3) is 0 Å². The number of hydrogen-bond acceptors (Lipinski definition) is 2. The third-order valence-electron chi connectivity index (χ3n) is 4.04. The normalized spacial score (nSPS) is 15.9. The maximum Gasteiger partial charge on any atom is 0.224 e. The molecule has 3 rings (SSSR count). The number of benzene rings is 1. The fourth-order valence-electron chi connectivity index (χ4n) is 3.13. The lowest BCUT2D eigenvalue weighted by molar-refractivity contribution is -0.117. The minimum absolute atomic E-state index is 0.00935. The van der Waals surface area contributed by atoms with E-state index in [0.717, 1.165) is 36.5 Å². The van der Waals surface area contributed by atoms with E-state index in [4.69, 9.17) is 0 Å². The Labute approximate surface area is 138 Å². The van der Waals surface area contributed by atoms with Gasteiger partial charge in [-0.25, -0.2) is 4.98 Å². The second-order valence-electron chi connectivity index (χ2n) is 5.78. The van der Waals surface area contributed by atoms with Gasteiger partial charge in [-0.1, -0.05) is 44.9 Å². The van der Waals surface area contributed by atoms with Crippen molar-refractivity contribution in [1.82, 2.24) is 9.97 Å². The topological polar surface area (TPSA) is 49.0 Å². The number of rotatable bonds is 3. The number of anilines is 1. The zero-order valence-electron chi connectivity index (χ0n) is 14.8. The summed E-state index contributed by atoms with van der Waals surface area (Å²) in [4.78, 5) is 21.8. The number of H-pyrrole nitrogens is 1. The summed E-state index contributed by atoms with van der Waals surface area (Å²) in [5, 5.41) is 0. The van der Waals surface area contributed by atoms with Crippen LogP contribution in [0.25, 0.3) is 0 Å². The van der Waals surface area contributed by atoms with Crippen molar-refractivity contribution in [3.63, 3.8) is 0 Å². The molecule has 4 nitrogen and oxygen atoms in total. The number of aromatic amines is 1. The lowest BCUT2D eigenvalue weighted by Gasteiger charge is -2.22. The molecular weight excluding hydrogens is 286 g/mol. The molecule has 0 aliphatic carbocycles. The number of nitrogens with one attached hydrogen (secondary N) is 1. The van der Waals surface area contributed by atoms with Crippen LogP contribution >= 0.6 is 0 Å². The second-order valence-corrected chi connectivity index (χ2v) is 5.78. The van der Waals surface area contributed by atoms with Crippen molar-refractivity contribution in [2.45, 2.75) is 59.9 Å².